The summed E-state index contributed by atoms with van der Waals surface area (Å²) in [6.45, 7) is 4.07. The maximum Gasteiger partial charge on any atom is 0.336 e. The van der Waals surface area contributed by atoms with Crippen molar-refractivity contribution in [3.8, 4) is 0 Å². The first-order valence-corrected chi connectivity index (χ1v) is 3.30. The van der Waals surface area contributed by atoms with Crippen LogP contribution in [0, 0.1) is 5.92 Å². The molecule has 0 aromatic rings. The number of carbonyl (C=O) groups is 1. The van der Waals surface area contributed by atoms with Gasteiger partial charge in [-0.05, 0) is 18.1 Å². The van der Waals surface area contributed by atoms with Gasteiger partial charge in [0.25, 0.3) is 0 Å². The first kappa shape index (κ1) is 7.06. The summed E-state index contributed by atoms with van der Waals surface area (Å²) >= 11 is 0. The lowest BCUT2D eigenvalue weighted by molar-refractivity contribution is -0.132. The van der Waals surface area contributed by atoms with Gasteiger partial charge >= 0.3 is 5.97 Å². The van der Waals surface area contributed by atoms with Crippen molar-refractivity contribution in [1.82, 2.24) is 0 Å². The van der Waals surface area contributed by atoms with Crippen molar-refractivity contribution in [1.29, 1.82) is 0 Å². The minimum Gasteiger partial charge on any atom is -0.424 e. The van der Waals surface area contributed by atoms with E-state index in [1.165, 1.54) is 6.08 Å². The van der Waals surface area contributed by atoms with Crippen LogP contribution in [0.15, 0.2) is 24.0 Å². The van der Waals surface area contributed by atoms with E-state index in [1.807, 2.05) is 19.9 Å². The lowest BCUT2D eigenvalue weighted by atomic mass is 10.2. The molecule has 0 aromatic carbocycles. The average molecular weight is 138 g/mol. The predicted molar refractivity (Wildman–Crippen MR) is 38.2 cm³/mol. The molecule has 2 heteroatoms. The third-order valence-electron chi connectivity index (χ3n) is 1.10. The Hall–Kier alpha value is -1.05. The highest BCUT2D eigenvalue weighted by Crippen LogP contribution is 2.11. The Morgan fingerprint density at radius 3 is 2.60 bits per heavy atom. The Morgan fingerprint density at radius 1 is 1.50 bits per heavy atom. The van der Waals surface area contributed by atoms with Crippen molar-refractivity contribution in [2.24, 2.45) is 5.92 Å². The van der Waals surface area contributed by atoms with Crippen LogP contribution in [0.2, 0.25) is 0 Å². The summed E-state index contributed by atoms with van der Waals surface area (Å²) in [6.07, 6.45) is 5.01. The van der Waals surface area contributed by atoms with Crippen molar-refractivity contribution in [2.45, 2.75) is 13.8 Å². The average Bonchev–Trinajstić information content (AvgIpc) is 2.13. The summed E-state index contributed by atoms with van der Waals surface area (Å²) in [5, 5.41) is 0. The van der Waals surface area contributed by atoms with E-state index in [4.69, 9.17) is 4.74 Å². The molecule has 1 aliphatic heterocycles. The van der Waals surface area contributed by atoms with Crippen LogP contribution in [0.3, 0.4) is 0 Å². The van der Waals surface area contributed by atoms with Gasteiger partial charge in [0, 0.05) is 6.08 Å². The number of ether oxygens (including phenoxy) is 1. The molecular formula is C8H10O2. The maximum absolute atomic E-state index is 10.5. The molecule has 0 saturated carbocycles. The first-order valence-electron chi connectivity index (χ1n) is 3.30. The number of cyclic esters (lactones) is 1. The summed E-state index contributed by atoms with van der Waals surface area (Å²) < 4.78 is 4.78. The molecule has 2 nitrogen and oxygen atoms in total. The van der Waals surface area contributed by atoms with Crippen LogP contribution in [0.25, 0.3) is 0 Å². The van der Waals surface area contributed by atoms with Gasteiger partial charge in [-0.2, -0.15) is 0 Å². The quantitative estimate of drug-likeness (QED) is 0.515. The van der Waals surface area contributed by atoms with Crippen LogP contribution in [-0.4, -0.2) is 5.97 Å². The van der Waals surface area contributed by atoms with Crippen molar-refractivity contribution in [2.75, 3.05) is 0 Å². The van der Waals surface area contributed by atoms with Crippen molar-refractivity contribution in [3.63, 3.8) is 0 Å². The Labute approximate surface area is 60.2 Å². The molecular weight excluding hydrogens is 128 g/mol. The summed E-state index contributed by atoms with van der Waals surface area (Å²) in [7, 11) is 0. The molecule has 54 valence electrons. The second kappa shape index (κ2) is 2.69. The van der Waals surface area contributed by atoms with Gasteiger partial charge in [-0.3, -0.25) is 0 Å². The molecule has 1 rings (SSSR count). The second-order valence-corrected chi connectivity index (χ2v) is 2.57. The molecule has 1 aliphatic rings. The fourth-order valence-electron chi connectivity index (χ4n) is 0.752. The smallest absolute Gasteiger partial charge is 0.336 e. The number of rotatable bonds is 1. The molecule has 10 heavy (non-hydrogen) atoms. The van der Waals surface area contributed by atoms with Crippen LogP contribution in [0.5, 0.6) is 0 Å². The molecule has 1 heterocycles. The Kier molecular flexibility index (Phi) is 1.90. The second-order valence-electron chi connectivity index (χ2n) is 2.57. The third-order valence-corrected chi connectivity index (χ3v) is 1.10. The van der Waals surface area contributed by atoms with Crippen molar-refractivity contribution < 1.29 is 9.53 Å². The molecule has 0 N–H and O–H groups in total. The zero-order valence-corrected chi connectivity index (χ0v) is 6.13. The zero-order chi connectivity index (χ0) is 7.56. The van der Waals surface area contributed by atoms with Gasteiger partial charge in [-0.1, -0.05) is 13.8 Å². The lowest BCUT2D eigenvalue weighted by Crippen LogP contribution is -1.91. The maximum atomic E-state index is 10.5. The van der Waals surface area contributed by atoms with Gasteiger partial charge in [0.15, 0.2) is 0 Å². The standard InChI is InChI=1S/C8H10O2/c1-6(2)5-7-3-4-8(9)10-7/h3-6H,1-2H3/b7-5-. The summed E-state index contributed by atoms with van der Waals surface area (Å²) in [5.41, 5.74) is 0. The lowest BCUT2D eigenvalue weighted by Gasteiger charge is -1.97. The van der Waals surface area contributed by atoms with Gasteiger partial charge in [0.1, 0.15) is 5.76 Å². The van der Waals surface area contributed by atoms with Crippen LogP contribution in [0.1, 0.15) is 13.8 Å². The highest BCUT2D eigenvalue weighted by atomic mass is 16.5. The van der Waals surface area contributed by atoms with E-state index in [1.54, 1.807) is 6.08 Å². The molecule has 0 unspecified atom stereocenters. The Bertz CT molecular complexity index is 199. The van der Waals surface area contributed by atoms with Gasteiger partial charge in [-0.15, -0.1) is 0 Å². The molecule has 0 amide bonds. The van der Waals surface area contributed by atoms with Crippen molar-refractivity contribution >= 4 is 5.97 Å². The topological polar surface area (TPSA) is 26.3 Å². The summed E-state index contributed by atoms with van der Waals surface area (Å²) in [6, 6.07) is 0. The fraction of sp³-hybridized carbons (Fsp3) is 0.375. The van der Waals surface area contributed by atoms with E-state index in [0.29, 0.717) is 11.7 Å². The van der Waals surface area contributed by atoms with E-state index < -0.39 is 0 Å². The van der Waals surface area contributed by atoms with Gasteiger partial charge in [0.05, 0.1) is 0 Å². The van der Waals surface area contributed by atoms with Gasteiger partial charge in [-0.25, -0.2) is 4.79 Å². The normalized spacial score (nSPS) is 20.7. The largest absolute Gasteiger partial charge is 0.424 e. The van der Waals surface area contributed by atoms with Crippen LogP contribution < -0.4 is 0 Å². The van der Waals surface area contributed by atoms with E-state index in [9.17, 15) is 4.79 Å². The Balaban J connectivity index is 2.62. The summed E-state index contributed by atoms with van der Waals surface area (Å²) in [4.78, 5) is 10.5. The number of esters is 1. The number of carbonyl (C=O) groups excluding carboxylic acids is 1. The van der Waals surface area contributed by atoms with E-state index in [-0.39, 0.29) is 5.97 Å². The van der Waals surface area contributed by atoms with Crippen molar-refractivity contribution in [3.05, 3.63) is 24.0 Å². The van der Waals surface area contributed by atoms with Crippen LogP contribution in [0.4, 0.5) is 0 Å². The molecule has 0 spiro atoms. The fourth-order valence-corrected chi connectivity index (χ4v) is 0.752. The molecule has 0 bridgehead atoms. The number of hydrogen-bond donors (Lipinski definition) is 0. The molecule has 0 fully saturated rings. The van der Waals surface area contributed by atoms with Crippen LogP contribution >= 0.6 is 0 Å². The molecule has 0 saturated heterocycles. The van der Waals surface area contributed by atoms with E-state index >= 15 is 0 Å². The van der Waals surface area contributed by atoms with E-state index in [0.717, 1.165) is 0 Å². The third kappa shape index (κ3) is 1.72. The first-order chi connectivity index (χ1) is 4.68. The molecule has 0 aromatic heterocycles. The monoisotopic (exact) mass is 138 g/mol. The predicted octanol–water partition coefficient (Wildman–Crippen LogP) is 1.64. The number of hydrogen-bond acceptors (Lipinski definition) is 2. The number of allylic oxidation sites excluding steroid dienone is 2. The highest BCUT2D eigenvalue weighted by Gasteiger charge is 2.08. The molecule has 0 radical (unpaired) electrons. The minimum atomic E-state index is -0.271. The zero-order valence-electron chi connectivity index (χ0n) is 6.13. The summed E-state index contributed by atoms with van der Waals surface area (Å²) in [5.74, 6) is 0.817. The van der Waals surface area contributed by atoms with E-state index in [2.05, 4.69) is 0 Å². The highest BCUT2D eigenvalue weighted by molar-refractivity contribution is 5.86. The Morgan fingerprint density at radius 2 is 2.20 bits per heavy atom. The molecule has 0 aliphatic carbocycles. The van der Waals surface area contributed by atoms with Gasteiger partial charge in [0.2, 0.25) is 0 Å². The van der Waals surface area contributed by atoms with Gasteiger partial charge < -0.3 is 4.74 Å². The minimum absolute atomic E-state index is 0.271. The van der Waals surface area contributed by atoms with Crippen LogP contribution in [-0.2, 0) is 9.53 Å². The molecule has 0 atom stereocenters. The SMILES string of the molecule is CC(C)/C=C1/C=CC(=O)O1.